The summed E-state index contributed by atoms with van der Waals surface area (Å²) in [6.45, 7) is 4.45. The number of ether oxygens (including phenoxy) is 1. The van der Waals surface area contributed by atoms with Crippen molar-refractivity contribution in [3.63, 3.8) is 0 Å². The van der Waals surface area contributed by atoms with Gasteiger partial charge in [-0.2, -0.15) is 5.10 Å². The van der Waals surface area contributed by atoms with Crippen molar-refractivity contribution in [2.24, 2.45) is 0 Å². The Balaban J connectivity index is 1.70. The van der Waals surface area contributed by atoms with Gasteiger partial charge in [-0.1, -0.05) is 12.1 Å². The molecule has 0 saturated carbocycles. The van der Waals surface area contributed by atoms with Gasteiger partial charge in [-0.3, -0.25) is 20.4 Å². The summed E-state index contributed by atoms with van der Waals surface area (Å²) >= 11 is 0. The fourth-order valence-electron chi connectivity index (χ4n) is 2.93. The Morgan fingerprint density at radius 2 is 1.74 bits per heavy atom. The Labute approximate surface area is 175 Å². The van der Waals surface area contributed by atoms with Gasteiger partial charge in [0.25, 0.3) is 11.8 Å². The van der Waals surface area contributed by atoms with E-state index in [-0.39, 0.29) is 28.4 Å². The van der Waals surface area contributed by atoms with Gasteiger partial charge in [-0.25, -0.2) is 17.9 Å². The maximum atomic E-state index is 14.1. The third kappa shape index (κ3) is 4.68. The monoisotopic (exact) mass is 432 g/mol. The first-order valence-electron chi connectivity index (χ1n) is 9.22. The van der Waals surface area contributed by atoms with Gasteiger partial charge in [0.1, 0.15) is 11.5 Å². The molecule has 2 amide bonds. The van der Waals surface area contributed by atoms with Crippen molar-refractivity contribution in [3.05, 3.63) is 76.9 Å². The van der Waals surface area contributed by atoms with Crippen molar-refractivity contribution in [3.8, 4) is 11.4 Å². The number of aryl methyl sites for hydroxylation is 1. The van der Waals surface area contributed by atoms with Gasteiger partial charge in [-0.05, 0) is 45.0 Å². The summed E-state index contributed by atoms with van der Waals surface area (Å²) < 4.78 is 47.4. The lowest BCUT2D eigenvalue weighted by atomic mass is 10.2. The molecule has 0 aliphatic rings. The number of nitrogens with zero attached hydrogens (tertiary/aromatic N) is 2. The Kier molecular flexibility index (Phi) is 6.28. The van der Waals surface area contributed by atoms with Crippen LogP contribution in [0.15, 0.2) is 42.5 Å². The van der Waals surface area contributed by atoms with Gasteiger partial charge < -0.3 is 4.74 Å². The Morgan fingerprint density at radius 3 is 2.42 bits per heavy atom. The number of para-hydroxylation sites is 1. The van der Waals surface area contributed by atoms with Gasteiger partial charge in [0.15, 0.2) is 23.5 Å². The average molecular weight is 432 g/mol. The van der Waals surface area contributed by atoms with Crippen molar-refractivity contribution >= 4 is 11.8 Å². The van der Waals surface area contributed by atoms with E-state index in [9.17, 15) is 22.8 Å². The van der Waals surface area contributed by atoms with E-state index in [1.165, 1.54) is 49.7 Å². The first kappa shape index (κ1) is 21.9. The minimum Gasteiger partial charge on any atom is -0.478 e. The molecule has 0 radical (unpaired) electrons. The van der Waals surface area contributed by atoms with Crippen LogP contribution < -0.4 is 15.6 Å². The fraction of sp³-hybridized carbons (Fsp3) is 0.190. The first-order chi connectivity index (χ1) is 14.7. The smallest absolute Gasteiger partial charge is 0.279 e. The molecule has 1 heterocycles. The number of hydrazine groups is 1. The zero-order valence-corrected chi connectivity index (χ0v) is 16.9. The molecule has 0 spiro atoms. The van der Waals surface area contributed by atoms with Crippen molar-refractivity contribution in [2.45, 2.75) is 26.9 Å². The fourth-order valence-corrected chi connectivity index (χ4v) is 2.93. The molecule has 10 heteroatoms. The van der Waals surface area contributed by atoms with E-state index >= 15 is 0 Å². The Morgan fingerprint density at radius 1 is 1.03 bits per heavy atom. The normalized spacial score (nSPS) is 11.7. The standard InChI is InChI=1S/C21H19F3N4O3/c1-11-19(12(2)28(27-11)17-9-8-14(22)10-16(17)24)21(30)26-25-20(29)13(3)31-18-7-5-4-6-15(18)23/h4-10,13H,1-3H3,(H,25,29)(H,26,30). The summed E-state index contributed by atoms with van der Waals surface area (Å²) in [5.41, 5.74) is 5.05. The Hall–Kier alpha value is -3.82. The van der Waals surface area contributed by atoms with Crippen LogP contribution in [0.5, 0.6) is 5.75 Å². The average Bonchev–Trinajstić information content (AvgIpc) is 3.01. The largest absolute Gasteiger partial charge is 0.478 e. The second-order valence-corrected chi connectivity index (χ2v) is 6.69. The zero-order chi connectivity index (χ0) is 22.7. The summed E-state index contributed by atoms with van der Waals surface area (Å²) in [7, 11) is 0. The molecular weight excluding hydrogens is 413 g/mol. The van der Waals surface area contributed by atoms with Crippen LogP contribution in [-0.4, -0.2) is 27.7 Å². The highest BCUT2D eigenvalue weighted by atomic mass is 19.1. The second-order valence-electron chi connectivity index (χ2n) is 6.69. The molecule has 0 saturated heterocycles. The third-order valence-electron chi connectivity index (χ3n) is 4.47. The number of hydrogen-bond acceptors (Lipinski definition) is 4. The molecule has 1 atom stereocenters. The number of aromatic nitrogens is 2. The van der Waals surface area contributed by atoms with E-state index < -0.39 is 35.4 Å². The van der Waals surface area contributed by atoms with E-state index in [4.69, 9.17) is 4.74 Å². The number of hydrogen-bond donors (Lipinski definition) is 2. The predicted molar refractivity (Wildman–Crippen MR) is 105 cm³/mol. The molecule has 7 nitrogen and oxygen atoms in total. The number of carbonyl (C=O) groups excluding carboxylic acids is 2. The van der Waals surface area contributed by atoms with Gasteiger partial charge in [-0.15, -0.1) is 0 Å². The lowest BCUT2D eigenvalue weighted by Gasteiger charge is -2.15. The van der Waals surface area contributed by atoms with Crippen LogP contribution in [0.4, 0.5) is 13.2 Å². The molecule has 1 unspecified atom stereocenters. The molecular formula is C21H19F3N4O3. The number of amides is 2. The maximum absolute atomic E-state index is 14.1. The molecule has 162 valence electrons. The molecule has 0 fully saturated rings. The van der Waals surface area contributed by atoms with Crippen LogP contribution in [0, 0.1) is 31.3 Å². The molecule has 3 aromatic rings. The van der Waals surface area contributed by atoms with Crippen molar-refractivity contribution in [1.82, 2.24) is 20.6 Å². The minimum atomic E-state index is -1.10. The van der Waals surface area contributed by atoms with Crippen LogP contribution in [0.3, 0.4) is 0 Å². The van der Waals surface area contributed by atoms with E-state index in [1.807, 2.05) is 0 Å². The number of benzene rings is 2. The van der Waals surface area contributed by atoms with Crippen LogP contribution >= 0.6 is 0 Å². The molecule has 3 rings (SSSR count). The van der Waals surface area contributed by atoms with E-state index in [1.54, 1.807) is 6.07 Å². The molecule has 0 aliphatic carbocycles. The highest BCUT2D eigenvalue weighted by Crippen LogP contribution is 2.21. The topological polar surface area (TPSA) is 85.3 Å². The predicted octanol–water partition coefficient (Wildman–Crippen LogP) is 3.13. The van der Waals surface area contributed by atoms with Crippen molar-refractivity contribution in [2.75, 3.05) is 0 Å². The highest BCUT2D eigenvalue weighted by Gasteiger charge is 2.23. The molecule has 31 heavy (non-hydrogen) atoms. The van der Waals surface area contributed by atoms with Gasteiger partial charge >= 0.3 is 0 Å². The molecule has 2 aromatic carbocycles. The number of carbonyl (C=O) groups is 2. The van der Waals surface area contributed by atoms with Gasteiger partial charge in [0.05, 0.1) is 17.0 Å². The summed E-state index contributed by atoms with van der Waals surface area (Å²) in [5, 5.41) is 4.13. The lowest BCUT2D eigenvalue weighted by molar-refractivity contribution is -0.128. The molecule has 0 bridgehead atoms. The summed E-state index contributed by atoms with van der Waals surface area (Å²) in [5.74, 6) is -3.73. The third-order valence-corrected chi connectivity index (χ3v) is 4.47. The van der Waals surface area contributed by atoms with E-state index in [0.29, 0.717) is 6.07 Å². The van der Waals surface area contributed by atoms with Crippen LogP contribution in [0.2, 0.25) is 0 Å². The number of halogens is 3. The highest BCUT2D eigenvalue weighted by molar-refractivity contribution is 5.97. The van der Waals surface area contributed by atoms with Gasteiger partial charge in [0.2, 0.25) is 0 Å². The number of nitrogens with one attached hydrogen (secondary N) is 2. The van der Waals surface area contributed by atoms with Crippen LogP contribution in [-0.2, 0) is 4.79 Å². The van der Waals surface area contributed by atoms with Gasteiger partial charge in [0, 0.05) is 6.07 Å². The van der Waals surface area contributed by atoms with Crippen LogP contribution in [0.1, 0.15) is 28.7 Å². The summed E-state index contributed by atoms with van der Waals surface area (Å²) in [6.07, 6.45) is -1.10. The summed E-state index contributed by atoms with van der Waals surface area (Å²) in [4.78, 5) is 24.8. The van der Waals surface area contributed by atoms with E-state index in [0.717, 1.165) is 6.07 Å². The number of rotatable bonds is 5. The van der Waals surface area contributed by atoms with Crippen LogP contribution in [0.25, 0.3) is 5.69 Å². The SMILES string of the molecule is Cc1nn(-c2ccc(F)cc2F)c(C)c1C(=O)NNC(=O)C(C)Oc1ccccc1F. The quantitative estimate of drug-likeness (QED) is 0.607. The Bertz CT molecular complexity index is 1150. The molecule has 0 aliphatic heterocycles. The first-order valence-corrected chi connectivity index (χ1v) is 9.22. The zero-order valence-electron chi connectivity index (χ0n) is 16.9. The molecule has 2 N–H and O–H groups in total. The van der Waals surface area contributed by atoms with Crippen molar-refractivity contribution < 1.29 is 27.5 Å². The maximum Gasteiger partial charge on any atom is 0.279 e. The van der Waals surface area contributed by atoms with Crippen molar-refractivity contribution in [1.29, 1.82) is 0 Å². The lowest BCUT2D eigenvalue weighted by Crippen LogP contribution is -2.47. The van der Waals surface area contributed by atoms with E-state index in [2.05, 4.69) is 16.0 Å². The summed E-state index contributed by atoms with van der Waals surface area (Å²) in [6, 6.07) is 8.58. The minimum absolute atomic E-state index is 0.0306. The molecule has 1 aromatic heterocycles. The second kappa shape index (κ2) is 8.90.